The molecule has 0 saturated heterocycles. The van der Waals surface area contributed by atoms with Gasteiger partial charge < -0.3 is 10.2 Å². The first-order chi connectivity index (χ1) is 8.21. The van der Waals surface area contributed by atoms with E-state index in [9.17, 15) is 10.2 Å². The summed E-state index contributed by atoms with van der Waals surface area (Å²) >= 11 is 3.21. The lowest BCUT2D eigenvalue weighted by Gasteiger charge is -2.21. The van der Waals surface area contributed by atoms with E-state index in [2.05, 4.69) is 0 Å². The summed E-state index contributed by atoms with van der Waals surface area (Å²) in [7, 11) is 0. The molecule has 0 aliphatic heterocycles. The standard InChI is InChI=1S/C14H18O2S2/c1-13(2,15)9-5-7-17-11(9)12-10(6-8-18-12)14(3,4)16/h5-8,15-16H,1-4H3. The summed E-state index contributed by atoms with van der Waals surface area (Å²) in [6.07, 6.45) is 0. The third-order valence-electron chi connectivity index (χ3n) is 2.85. The van der Waals surface area contributed by atoms with Gasteiger partial charge in [0.2, 0.25) is 0 Å². The second-order valence-electron chi connectivity index (χ2n) is 5.44. The van der Waals surface area contributed by atoms with Gasteiger partial charge >= 0.3 is 0 Å². The van der Waals surface area contributed by atoms with Crippen LogP contribution in [0.2, 0.25) is 0 Å². The minimum Gasteiger partial charge on any atom is -0.386 e. The molecule has 0 aliphatic rings. The van der Waals surface area contributed by atoms with Gasteiger partial charge in [-0.1, -0.05) is 0 Å². The molecule has 0 saturated carbocycles. The Morgan fingerprint density at radius 1 is 0.778 bits per heavy atom. The second-order valence-corrected chi connectivity index (χ2v) is 7.28. The predicted octanol–water partition coefficient (Wildman–Crippen LogP) is 3.93. The fourth-order valence-electron chi connectivity index (χ4n) is 1.93. The van der Waals surface area contributed by atoms with Gasteiger partial charge in [-0.2, -0.15) is 0 Å². The van der Waals surface area contributed by atoms with Crippen LogP contribution < -0.4 is 0 Å². The maximum atomic E-state index is 10.2. The van der Waals surface area contributed by atoms with E-state index < -0.39 is 11.2 Å². The fourth-order valence-corrected chi connectivity index (χ4v) is 4.23. The molecular formula is C14H18O2S2. The quantitative estimate of drug-likeness (QED) is 0.895. The third kappa shape index (κ3) is 2.52. The summed E-state index contributed by atoms with van der Waals surface area (Å²) in [5, 5.41) is 24.4. The van der Waals surface area contributed by atoms with E-state index in [1.807, 2.05) is 22.9 Å². The molecule has 0 bridgehead atoms. The van der Waals surface area contributed by atoms with E-state index in [1.165, 1.54) is 0 Å². The lowest BCUT2D eigenvalue weighted by molar-refractivity contribution is 0.0773. The Balaban J connectivity index is 2.58. The summed E-state index contributed by atoms with van der Waals surface area (Å²) in [5.74, 6) is 0. The number of hydrogen-bond acceptors (Lipinski definition) is 4. The van der Waals surface area contributed by atoms with Crippen LogP contribution in [-0.4, -0.2) is 10.2 Å². The van der Waals surface area contributed by atoms with E-state index in [-0.39, 0.29) is 0 Å². The SMILES string of the molecule is CC(C)(O)c1ccsc1-c1sccc1C(C)(C)O. The van der Waals surface area contributed by atoms with Crippen molar-refractivity contribution in [2.75, 3.05) is 0 Å². The van der Waals surface area contributed by atoms with E-state index in [4.69, 9.17) is 0 Å². The van der Waals surface area contributed by atoms with Crippen molar-refractivity contribution < 1.29 is 10.2 Å². The van der Waals surface area contributed by atoms with Gasteiger partial charge in [0.1, 0.15) is 0 Å². The molecule has 0 atom stereocenters. The van der Waals surface area contributed by atoms with Crippen molar-refractivity contribution in [3.05, 3.63) is 34.0 Å². The molecule has 0 spiro atoms. The number of thiophene rings is 2. The molecule has 0 aliphatic carbocycles. The van der Waals surface area contributed by atoms with E-state index in [1.54, 1.807) is 50.4 Å². The smallest absolute Gasteiger partial charge is 0.0854 e. The molecule has 2 aromatic heterocycles. The first-order valence-corrected chi connectivity index (χ1v) is 7.58. The van der Waals surface area contributed by atoms with Crippen molar-refractivity contribution in [3.8, 4) is 9.75 Å². The lowest BCUT2D eigenvalue weighted by atomic mass is 9.94. The minimum absolute atomic E-state index is 0.865. The number of rotatable bonds is 3. The lowest BCUT2D eigenvalue weighted by Crippen LogP contribution is -2.17. The maximum absolute atomic E-state index is 10.2. The Morgan fingerprint density at radius 2 is 1.11 bits per heavy atom. The Morgan fingerprint density at radius 3 is 1.39 bits per heavy atom. The van der Waals surface area contributed by atoms with Gasteiger partial charge in [-0.05, 0) is 50.6 Å². The zero-order chi connectivity index (χ0) is 13.6. The topological polar surface area (TPSA) is 40.5 Å². The Hall–Kier alpha value is -0.680. The van der Waals surface area contributed by atoms with Gasteiger partial charge in [-0.3, -0.25) is 0 Å². The first-order valence-electron chi connectivity index (χ1n) is 5.82. The highest BCUT2D eigenvalue weighted by atomic mass is 32.1. The normalized spacial score (nSPS) is 13.0. The van der Waals surface area contributed by atoms with Gasteiger partial charge in [0, 0.05) is 11.1 Å². The van der Waals surface area contributed by atoms with Crippen LogP contribution in [0.25, 0.3) is 9.75 Å². The highest BCUT2D eigenvalue weighted by Crippen LogP contribution is 2.43. The molecule has 2 nitrogen and oxygen atoms in total. The van der Waals surface area contributed by atoms with Crippen molar-refractivity contribution in [3.63, 3.8) is 0 Å². The zero-order valence-corrected chi connectivity index (χ0v) is 12.7. The summed E-state index contributed by atoms with van der Waals surface area (Å²) in [5.41, 5.74) is 0.104. The molecule has 2 rings (SSSR count). The molecule has 18 heavy (non-hydrogen) atoms. The molecule has 0 radical (unpaired) electrons. The van der Waals surface area contributed by atoms with Gasteiger partial charge in [-0.15, -0.1) is 22.7 Å². The summed E-state index contributed by atoms with van der Waals surface area (Å²) in [6.45, 7) is 7.15. The monoisotopic (exact) mass is 282 g/mol. The van der Waals surface area contributed by atoms with E-state index in [0.29, 0.717) is 0 Å². The molecule has 98 valence electrons. The molecule has 0 unspecified atom stereocenters. The summed E-state index contributed by atoms with van der Waals surface area (Å²) in [6, 6.07) is 3.90. The largest absolute Gasteiger partial charge is 0.386 e. The van der Waals surface area contributed by atoms with Crippen LogP contribution in [-0.2, 0) is 11.2 Å². The van der Waals surface area contributed by atoms with Crippen LogP contribution in [0, 0.1) is 0 Å². The van der Waals surface area contributed by atoms with Crippen molar-refractivity contribution in [2.24, 2.45) is 0 Å². The highest BCUT2D eigenvalue weighted by molar-refractivity contribution is 7.20. The molecule has 2 aromatic rings. The Kier molecular flexibility index (Phi) is 3.40. The minimum atomic E-state index is -0.865. The third-order valence-corrected chi connectivity index (χ3v) is 4.85. The highest BCUT2D eigenvalue weighted by Gasteiger charge is 2.27. The van der Waals surface area contributed by atoms with Crippen molar-refractivity contribution in [1.29, 1.82) is 0 Å². The van der Waals surface area contributed by atoms with Gasteiger partial charge in [0.25, 0.3) is 0 Å². The van der Waals surface area contributed by atoms with Crippen LogP contribution in [0.1, 0.15) is 38.8 Å². The first kappa shape index (κ1) is 13.7. The number of aliphatic hydroxyl groups is 2. The molecule has 4 heteroatoms. The molecule has 2 N–H and O–H groups in total. The number of hydrogen-bond donors (Lipinski definition) is 2. The Bertz CT molecular complexity index is 488. The van der Waals surface area contributed by atoms with Gasteiger partial charge in [0.05, 0.1) is 21.0 Å². The van der Waals surface area contributed by atoms with Crippen molar-refractivity contribution in [1.82, 2.24) is 0 Å². The molecule has 0 amide bonds. The Labute approximate surface area is 116 Å². The van der Waals surface area contributed by atoms with Crippen LogP contribution in [0.5, 0.6) is 0 Å². The second kappa shape index (κ2) is 4.46. The van der Waals surface area contributed by atoms with Crippen molar-refractivity contribution in [2.45, 2.75) is 38.9 Å². The summed E-state index contributed by atoms with van der Waals surface area (Å²) in [4.78, 5) is 2.10. The van der Waals surface area contributed by atoms with Crippen molar-refractivity contribution >= 4 is 22.7 Å². The molecule has 0 aromatic carbocycles. The van der Waals surface area contributed by atoms with Crippen LogP contribution in [0.15, 0.2) is 22.9 Å². The van der Waals surface area contributed by atoms with Crippen LogP contribution >= 0.6 is 22.7 Å². The predicted molar refractivity (Wildman–Crippen MR) is 78.1 cm³/mol. The molecule has 2 heterocycles. The zero-order valence-electron chi connectivity index (χ0n) is 11.0. The van der Waals surface area contributed by atoms with E-state index in [0.717, 1.165) is 20.9 Å². The fraction of sp³-hybridized carbons (Fsp3) is 0.429. The molecule has 0 fully saturated rings. The average Bonchev–Trinajstić information content (AvgIpc) is 2.83. The maximum Gasteiger partial charge on any atom is 0.0854 e. The van der Waals surface area contributed by atoms with Gasteiger partial charge in [0.15, 0.2) is 0 Å². The van der Waals surface area contributed by atoms with Gasteiger partial charge in [-0.25, -0.2) is 0 Å². The average molecular weight is 282 g/mol. The summed E-state index contributed by atoms with van der Waals surface area (Å²) < 4.78 is 0. The molecular weight excluding hydrogens is 264 g/mol. The van der Waals surface area contributed by atoms with Crippen LogP contribution in [0.4, 0.5) is 0 Å². The van der Waals surface area contributed by atoms with E-state index >= 15 is 0 Å². The van der Waals surface area contributed by atoms with Crippen LogP contribution in [0.3, 0.4) is 0 Å².